The standard InChI is InChI=1S/C24H30Cl2N2O3/c1-5-16(3)27-24(30)22(6-2)28(15-18-8-7-9-19(12-18)31-4)23(29)14-17-10-11-20(25)21(26)13-17/h7-13,16,22H,5-6,14-15H2,1-4H3,(H,27,30)/t16-,22-/m0/s1. The number of carbonyl (C=O) groups is 2. The van der Waals surface area contributed by atoms with E-state index in [2.05, 4.69) is 5.32 Å². The minimum atomic E-state index is -0.588. The first-order chi connectivity index (χ1) is 14.8. The van der Waals surface area contributed by atoms with Crippen LogP contribution in [0.5, 0.6) is 5.75 Å². The number of hydrogen-bond donors (Lipinski definition) is 1. The van der Waals surface area contributed by atoms with Gasteiger partial charge in [0, 0.05) is 12.6 Å². The molecule has 2 amide bonds. The average molecular weight is 465 g/mol. The van der Waals surface area contributed by atoms with E-state index in [9.17, 15) is 9.59 Å². The predicted octanol–water partition coefficient (Wildman–Crippen LogP) is 5.27. The van der Waals surface area contributed by atoms with Crippen molar-refractivity contribution >= 4 is 35.0 Å². The summed E-state index contributed by atoms with van der Waals surface area (Å²) >= 11 is 12.1. The van der Waals surface area contributed by atoms with E-state index < -0.39 is 6.04 Å². The number of methoxy groups -OCH3 is 1. The van der Waals surface area contributed by atoms with E-state index in [1.165, 1.54) is 0 Å². The fraction of sp³-hybridized carbons (Fsp3) is 0.417. The summed E-state index contributed by atoms with van der Waals surface area (Å²) in [5, 5.41) is 3.84. The van der Waals surface area contributed by atoms with Crippen LogP contribution in [0.25, 0.3) is 0 Å². The number of nitrogens with one attached hydrogen (secondary N) is 1. The summed E-state index contributed by atoms with van der Waals surface area (Å²) in [7, 11) is 1.60. The highest BCUT2D eigenvalue weighted by Crippen LogP contribution is 2.24. The van der Waals surface area contributed by atoms with Crippen molar-refractivity contribution in [2.24, 2.45) is 0 Å². The zero-order valence-electron chi connectivity index (χ0n) is 18.5. The molecule has 5 nitrogen and oxygen atoms in total. The monoisotopic (exact) mass is 464 g/mol. The lowest BCUT2D eigenvalue weighted by Crippen LogP contribution is -2.51. The Balaban J connectivity index is 2.33. The second kappa shape index (κ2) is 12.0. The molecule has 2 atom stereocenters. The van der Waals surface area contributed by atoms with Gasteiger partial charge in [-0.2, -0.15) is 0 Å². The first-order valence-corrected chi connectivity index (χ1v) is 11.2. The highest BCUT2D eigenvalue weighted by Gasteiger charge is 2.29. The van der Waals surface area contributed by atoms with Crippen LogP contribution in [0, 0.1) is 0 Å². The van der Waals surface area contributed by atoms with Crippen molar-refractivity contribution < 1.29 is 14.3 Å². The largest absolute Gasteiger partial charge is 0.497 e. The summed E-state index contributed by atoms with van der Waals surface area (Å²) in [5.74, 6) is 0.390. The number of hydrogen-bond acceptors (Lipinski definition) is 3. The van der Waals surface area contributed by atoms with Gasteiger partial charge >= 0.3 is 0 Å². The Morgan fingerprint density at radius 1 is 1.03 bits per heavy atom. The maximum absolute atomic E-state index is 13.4. The molecule has 0 unspecified atom stereocenters. The molecular weight excluding hydrogens is 435 g/mol. The van der Waals surface area contributed by atoms with Crippen LogP contribution in [0.4, 0.5) is 0 Å². The molecule has 0 radical (unpaired) electrons. The third-order valence-corrected chi connectivity index (χ3v) is 5.95. The van der Waals surface area contributed by atoms with Gasteiger partial charge in [0.1, 0.15) is 11.8 Å². The molecule has 0 aliphatic heterocycles. The Morgan fingerprint density at radius 2 is 1.77 bits per heavy atom. The predicted molar refractivity (Wildman–Crippen MR) is 126 cm³/mol. The molecule has 0 heterocycles. The van der Waals surface area contributed by atoms with Crippen LogP contribution >= 0.6 is 23.2 Å². The number of amides is 2. The van der Waals surface area contributed by atoms with Gasteiger partial charge in [0.15, 0.2) is 0 Å². The summed E-state index contributed by atoms with van der Waals surface area (Å²) in [6, 6.07) is 12.1. The van der Waals surface area contributed by atoms with Gasteiger partial charge in [0.25, 0.3) is 0 Å². The zero-order valence-corrected chi connectivity index (χ0v) is 20.0. The molecule has 0 aliphatic carbocycles. The lowest BCUT2D eigenvalue weighted by molar-refractivity contribution is -0.141. The van der Waals surface area contributed by atoms with Crippen molar-refractivity contribution in [3.63, 3.8) is 0 Å². The first kappa shape index (κ1) is 25.0. The molecule has 1 N–H and O–H groups in total. The van der Waals surface area contributed by atoms with Crippen LogP contribution in [0.1, 0.15) is 44.7 Å². The maximum atomic E-state index is 13.4. The molecule has 0 saturated carbocycles. The Hall–Kier alpha value is -2.24. The molecule has 2 aromatic carbocycles. The fourth-order valence-corrected chi connectivity index (χ4v) is 3.57. The van der Waals surface area contributed by atoms with Crippen molar-refractivity contribution in [2.45, 2.75) is 58.7 Å². The zero-order chi connectivity index (χ0) is 23.0. The van der Waals surface area contributed by atoms with Crippen LogP contribution < -0.4 is 10.1 Å². The summed E-state index contributed by atoms with van der Waals surface area (Å²) in [6.07, 6.45) is 1.43. The molecule has 2 aromatic rings. The van der Waals surface area contributed by atoms with E-state index in [0.717, 1.165) is 17.5 Å². The fourth-order valence-electron chi connectivity index (χ4n) is 3.25. The quantitative estimate of drug-likeness (QED) is 0.520. The van der Waals surface area contributed by atoms with Crippen LogP contribution in [0.2, 0.25) is 10.0 Å². The average Bonchev–Trinajstić information content (AvgIpc) is 2.76. The smallest absolute Gasteiger partial charge is 0.243 e. The maximum Gasteiger partial charge on any atom is 0.243 e. The van der Waals surface area contributed by atoms with E-state index in [0.29, 0.717) is 28.8 Å². The number of rotatable bonds is 10. The van der Waals surface area contributed by atoms with E-state index in [1.54, 1.807) is 30.2 Å². The van der Waals surface area contributed by atoms with E-state index in [-0.39, 0.29) is 24.3 Å². The van der Waals surface area contributed by atoms with Crippen molar-refractivity contribution in [3.05, 3.63) is 63.6 Å². The first-order valence-electron chi connectivity index (χ1n) is 10.5. The van der Waals surface area contributed by atoms with Gasteiger partial charge in [-0.1, -0.05) is 55.2 Å². The molecular formula is C24H30Cl2N2O3. The van der Waals surface area contributed by atoms with Gasteiger partial charge < -0.3 is 15.0 Å². The Bertz CT molecular complexity index is 904. The minimum absolute atomic E-state index is 0.0328. The molecule has 168 valence electrons. The number of carbonyl (C=O) groups excluding carboxylic acids is 2. The number of ether oxygens (including phenoxy) is 1. The molecule has 7 heteroatoms. The van der Waals surface area contributed by atoms with Crippen molar-refractivity contribution in [2.75, 3.05) is 7.11 Å². The van der Waals surface area contributed by atoms with Gasteiger partial charge in [-0.3, -0.25) is 9.59 Å². The highest BCUT2D eigenvalue weighted by atomic mass is 35.5. The lowest BCUT2D eigenvalue weighted by Gasteiger charge is -2.31. The number of nitrogens with zero attached hydrogens (tertiary/aromatic N) is 1. The minimum Gasteiger partial charge on any atom is -0.497 e. The highest BCUT2D eigenvalue weighted by molar-refractivity contribution is 6.42. The molecule has 0 aromatic heterocycles. The van der Waals surface area contributed by atoms with E-state index in [4.69, 9.17) is 27.9 Å². The molecule has 31 heavy (non-hydrogen) atoms. The molecule has 0 spiro atoms. The van der Waals surface area contributed by atoms with Crippen LogP contribution in [-0.4, -0.2) is 35.9 Å². The van der Waals surface area contributed by atoms with Gasteiger partial charge in [-0.25, -0.2) is 0 Å². The summed E-state index contributed by atoms with van der Waals surface area (Å²) < 4.78 is 5.31. The van der Waals surface area contributed by atoms with Gasteiger partial charge in [0.05, 0.1) is 23.6 Å². The van der Waals surface area contributed by atoms with Gasteiger partial charge in [-0.05, 0) is 55.2 Å². The van der Waals surface area contributed by atoms with Crippen LogP contribution in [0.15, 0.2) is 42.5 Å². The van der Waals surface area contributed by atoms with Crippen molar-refractivity contribution in [3.8, 4) is 5.75 Å². The second-order valence-electron chi connectivity index (χ2n) is 7.54. The normalized spacial score (nSPS) is 12.7. The second-order valence-corrected chi connectivity index (χ2v) is 8.35. The molecule has 0 aliphatic rings. The third-order valence-electron chi connectivity index (χ3n) is 5.21. The summed E-state index contributed by atoms with van der Waals surface area (Å²) in [4.78, 5) is 28.0. The third kappa shape index (κ3) is 7.15. The van der Waals surface area contributed by atoms with Crippen LogP contribution in [0.3, 0.4) is 0 Å². The summed E-state index contributed by atoms with van der Waals surface area (Å²) in [5.41, 5.74) is 1.63. The van der Waals surface area contributed by atoms with E-state index in [1.807, 2.05) is 45.0 Å². The number of benzene rings is 2. The SMILES string of the molecule is CC[C@H](C)NC(=O)[C@H](CC)N(Cc1cccc(OC)c1)C(=O)Cc1ccc(Cl)c(Cl)c1. The van der Waals surface area contributed by atoms with Crippen molar-refractivity contribution in [1.29, 1.82) is 0 Å². The molecule has 0 saturated heterocycles. The molecule has 0 bridgehead atoms. The van der Waals surface area contributed by atoms with Gasteiger partial charge in [0.2, 0.25) is 11.8 Å². The number of halogens is 2. The van der Waals surface area contributed by atoms with Gasteiger partial charge in [-0.15, -0.1) is 0 Å². The summed E-state index contributed by atoms with van der Waals surface area (Å²) in [6.45, 7) is 6.17. The van der Waals surface area contributed by atoms with Crippen molar-refractivity contribution in [1.82, 2.24) is 10.2 Å². The molecule has 2 rings (SSSR count). The lowest BCUT2D eigenvalue weighted by atomic mass is 10.1. The van der Waals surface area contributed by atoms with Crippen LogP contribution in [-0.2, 0) is 22.6 Å². The van der Waals surface area contributed by atoms with E-state index >= 15 is 0 Å². The molecule has 0 fully saturated rings. The Labute approximate surface area is 194 Å². The topological polar surface area (TPSA) is 58.6 Å². The Morgan fingerprint density at radius 3 is 2.39 bits per heavy atom. The Kier molecular flexibility index (Phi) is 9.66.